The summed E-state index contributed by atoms with van der Waals surface area (Å²) in [5.74, 6) is 0.606. The molecule has 27 heavy (non-hydrogen) atoms. The van der Waals surface area contributed by atoms with E-state index in [1.54, 1.807) is 36.4 Å². The number of hydrogen-bond acceptors (Lipinski definition) is 4. The van der Waals surface area contributed by atoms with Gasteiger partial charge in [0.2, 0.25) is 0 Å². The summed E-state index contributed by atoms with van der Waals surface area (Å²) in [7, 11) is 0. The molecule has 0 saturated carbocycles. The summed E-state index contributed by atoms with van der Waals surface area (Å²) < 4.78 is 23.7. The van der Waals surface area contributed by atoms with Gasteiger partial charge in [0.15, 0.2) is 5.78 Å². The van der Waals surface area contributed by atoms with Gasteiger partial charge in [0.1, 0.15) is 36.6 Å². The Balaban J connectivity index is 1.48. The van der Waals surface area contributed by atoms with Gasteiger partial charge >= 0.3 is 0 Å². The number of aliphatic hydroxyl groups is 1. The van der Waals surface area contributed by atoms with Gasteiger partial charge in [0.05, 0.1) is 0 Å². The number of rotatable bonds is 8. The third kappa shape index (κ3) is 5.39. The molecule has 0 aromatic heterocycles. The SMILES string of the molecule is O=C(c1ccccc1)c1ccc(OC[C@@H](O)COc2ccc(F)cc2)cc1. The first kappa shape index (κ1) is 18.6. The average Bonchev–Trinajstić information content (AvgIpc) is 2.72. The second kappa shape index (κ2) is 8.96. The van der Waals surface area contributed by atoms with Gasteiger partial charge in [-0.25, -0.2) is 4.39 Å². The smallest absolute Gasteiger partial charge is 0.193 e. The molecule has 5 heteroatoms. The minimum atomic E-state index is -0.847. The quantitative estimate of drug-likeness (QED) is 0.615. The molecule has 0 bridgehead atoms. The van der Waals surface area contributed by atoms with Gasteiger partial charge in [0.25, 0.3) is 0 Å². The van der Waals surface area contributed by atoms with Crippen molar-refractivity contribution in [2.45, 2.75) is 6.10 Å². The molecular weight excluding hydrogens is 347 g/mol. The van der Waals surface area contributed by atoms with Crippen molar-refractivity contribution in [2.24, 2.45) is 0 Å². The van der Waals surface area contributed by atoms with Crippen molar-refractivity contribution < 1.29 is 23.8 Å². The Hall–Kier alpha value is -3.18. The molecule has 0 aliphatic rings. The minimum Gasteiger partial charge on any atom is -0.491 e. The fourth-order valence-electron chi connectivity index (χ4n) is 2.42. The van der Waals surface area contributed by atoms with E-state index < -0.39 is 6.10 Å². The van der Waals surface area contributed by atoms with Crippen LogP contribution in [0.15, 0.2) is 78.9 Å². The second-order valence-electron chi connectivity index (χ2n) is 5.95. The Morgan fingerprint density at radius 2 is 1.26 bits per heavy atom. The molecule has 3 rings (SSSR count). The van der Waals surface area contributed by atoms with Crippen molar-refractivity contribution in [3.8, 4) is 11.5 Å². The van der Waals surface area contributed by atoms with Crippen molar-refractivity contribution in [1.29, 1.82) is 0 Å². The molecule has 0 unspecified atom stereocenters. The largest absolute Gasteiger partial charge is 0.491 e. The molecule has 1 N–H and O–H groups in total. The van der Waals surface area contributed by atoms with E-state index in [2.05, 4.69) is 0 Å². The third-order valence-electron chi connectivity index (χ3n) is 3.85. The van der Waals surface area contributed by atoms with Crippen molar-refractivity contribution in [1.82, 2.24) is 0 Å². The molecule has 0 saturated heterocycles. The van der Waals surface area contributed by atoms with Gasteiger partial charge in [-0.3, -0.25) is 4.79 Å². The van der Waals surface area contributed by atoms with E-state index in [9.17, 15) is 14.3 Å². The summed E-state index contributed by atoms with van der Waals surface area (Å²) in [6, 6.07) is 21.3. The van der Waals surface area contributed by atoms with Crippen molar-refractivity contribution in [3.05, 3.63) is 95.8 Å². The molecule has 138 valence electrons. The molecule has 1 atom stereocenters. The maximum absolute atomic E-state index is 12.8. The van der Waals surface area contributed by atoms with Crippen molar-refractivity contribution in [2.75, 3.05) is 13.2 Å². The summed E-state index contributed by atoms with van der Waals surface area (Å²) in [6.45, 7) is 0.0589. The van der Waals surface area contributed by atoms with E-state index in [1.165, 1.54) is 24.3 Å². The maximum Gasteiger partial charge on any atom is 0.193 e. The zero-order chi connectivity index (χ0) is 19.1. The van der Waals surface area contributed by atoms with Crippen LogP contribution in [-0.4, -0.2) is 30.2 Å². The van der Waals surface area contributed by atoms with E-state index in [0.717, 1.165) is 0 Å². The molecule has 0 aliphatic carbocycles. The van der Waals surface area contributed by atoms with Crippen molar-refractivity contribution >= 4 is 5.78 Å². The maximum atomic E-state index is 12.8. The Bertz CT molecular complexity index is 861. The van der Waals surface area contributed by atoms with E-state index in [-0.39, 0.29) is 24.8 Å². The highest BCUT2D eigenvalue weighted by molar-refractivity contribution is 6.08. The Kier molecular flexibility index (Phi) is 6.18. The summed E-state index contributed by atoms with van der Waals surface area (Å²) in [4.78, 5) is 12.3. The fraction of sp³-hybridized carbons (Fsp3) is 0.136. The summed E-state index contributed by atoms with van der Waals surface area (Å²) in [5, 5.41) is 9.94. The lowest BCUT2D eigenvalue weighted by Gasteiger charge is -2.14. The average molecular weight is 366 g/mol. The number of aliphatic hydroxyl groups excluding tert-OH is 1. The van der Waals surface area contributed by atoms with E-state index in [0.29, 0.717) is 22.6 Å². The number of benzene rings is 3. The van der Waals surface area contributed by atoms with Crippen LogP contribution in [0, 0.1) is 5.82 Å². The number of carbonyl (C=O) groups is 1. The van der Waals surface area contributed by atoms with E-state index in [1.807, 2.05) is 18.2 Å². The highest BCUT2D eigenvalue weighted by Gasteiger charge is 2.10. The molecule has 3 aromatic rings. The summed E-state index contributed by atoms with van der Waals surface area (Å²) in [5.41, 5.74) is 1.19. The van der Waals surface area contributed by atoms with Crippen LogP contribution in [0.2, 0.25) is 0 Å². The normalized spacial score (nSPS) is 11.6. The number of ketones is 1. The summed E-state index contributed by atoms with van der Waals surface area (Å²) >= 11 is 0. The number of ether oxygens (including phenoxy) is 2. The van der Waals surface area contributed by atoms with Gasteiger partial charge in [-0.05, 0) is 48.5 Å². The predicted molar refractivity (Wildman–Crippen MR) is 99.7 cm³/mol. The Morgan fingerprint density at radius 1 is 0.778 bits per heavy atom. The van der Waals surface area contributed by atoms with Crippen LogP contribution in [0.3, 0.4) is 0 Å². The third-order valence-corrected chi connectivity index (χ3v) is 3.85. The Morgan fingerprint density at radius 3 is 1.81 bits per heavy atom. The molecule has 0 aliphatic heterocycles. The van der Waals surface area contributed by atoms with Crippen LogP contribution in [0.1, 0.15) is 15.9 Å². The highest BCUT2D eigenvalue weighted by atomic mass is 19.1. The first-order valence-electron chi connectivity index (χ1n) is 8.51. The van der Waals surface area contributed by atoms with Gasteiger partial charge in [-0.15, -0.1) is 0 Å². The molecule has 0 fully saturated rings. The molecule has 0 radical (unpaired) electrons. The van der Waals surface area contributed by atoms with Gasteiger partial charge in [-0.1, -0.05) is 30.3 Å². The lowest BCUT2D eigenvalue weighted by atomic mass is 10.0. The first-order valence-corrected chi connectivity index (χ1v) is 8.51. The summed E-state index contributed by atoms with van der Waals surface area (Å²) in [6.07, 6.45) is -0.847. The number of hydrogen-bond donors (Lipinski definition) is 1. The highest BCUT2D eigenvalue weighted by Crippen LogP contribution is 2.16. The zero-order valence-electron chi connectivity index (χ0n) is 14.5. The molecule has 3 aromatic carbocycles. The lowest BCUT2D eigenvalue weighted by molar-refractivity contribution is 0.0626. The van der Waals surface area contributed by atoms with Gasteiger partial charge in [0, 0.05) is 11.1 Å². The van der Waals surface area contributed by atoms with Crippen LogP contribution in [0.4, 0.5) is 4.39 Å². The van der Waals surface area contributed by atoms with Crippen LogP contribution in [0.25, 0.3) is 0 Å². The molecule has 4 nitrogen and oxygen atoms in total. The van der Waals surface area contributed by atoms with Crippen molar-refractivity contribution in [3.63, 3.8) is 0 Å². The van der Waals surface area contributed by atoms with E-state index >= 15 is 0 Å². The van der Waals surface area contributed by atoms with Crippen LogP contribution in [-0.2, 0) is 0 Å². The van der Waals surface area contributed by atoms with Crippen LogP contribution in [0.5, 0.6) is 11.5 Å². The zero-order valence-corrected chi connectivity index (χ0v) is 14.5. The Labute approximate surface area is 156 Å². The van der Waals surface area contributed by atoms with Crippen LogP contribution >= 0.6 is 0 Å². The predicted octanol–water partition coefficient (Wildman–Crippen LogP) is 3.88. The van der Waals surface area contributed by atoms with Gasteiger partial charge in [-0.2, -0.15) is 0 Å². The second-order valence-corrected chi connectivity index (χ2v) is 5.95. The standard InChI is InChI=1S/C22H19FO4/c23-18-8-12-21(13-9-18)27-15-19(24)14-26-20-10-6-17(7-11-20)22(25)16-4-2-1-3-5-16/h1-13,19,24H,14-15H2/t19-/m1/s1. The molecular formula is C22H19FO4. The van der Waals surface area contributed by atoms with Crippen LogP contribution < -0.4 is 9.47 Å². The van der Waals surface area contributed by atoms with Gasteiger partial charge < -0.3 is 14.6 Å². The number of halogens is 1. The molecule has 0 heterocycles. The van der Waals surface area contributed by atoms with E-state index in [4.69, 9.17) is 9.47 Å². The first-order chi connectivity index (χ1) is 13.1. The number of carbonyl (C=O) groups excluding carboxylic acids is 1. The lowest BCUT2D eigenvalue weighted by Crippen LogP contribution is -2.25. The topological polar surface area (TPSA) is 55.8 Å². The molecule has 0 amide bonds. The molecule has 0 spiro atoms. The minimum absolute atomic E-state index is 0.0240. The fourth-order valence-corrected chi connectivity index (χ4v) is 2.42. The monoisotopic (exact) mass is 366 g/mol.